The van der Waals surface area contributed by atoms with Gasteiger partial charge in [-0.25, -0.2) is 4.98 Å². The Balaban J connectivity index is 1.70. The van der Waals surface area contributed by atoms with Gasteiger partial charge in [-0.1, -0.05) is 23.7 Å². The predicted molar refractivity (Wildman–Crippen MR) is 87.3 cm³/mol. The fourth-order valence-corrected chi connectivity index (χ4v) is 3.09. The van der Waals surface area contributed by atoms with Gasteiger partial charge in [0, 0.05) is 6.54 Å². The molecule has 0 amide bonds. The molecule has 3 rings (SSSR count). The van der Waals surface area contributed by atoms with E-state index in [1.165, 1.54) is 0 Å². The summed E-state index contributed by atoms with van der Waals surface area (Å²) in [5.41, 5.74) is 1.67. The minimum atomic E-state index is -0.691. The van der Waals surface area contributed by atoms with Crippen molar-refractivity contribution in [2.24, 2.45) is 5.92 Å². The maximum Gasteiger partial charge on any atom is 0.306 e. The van der Waals surface area contributed by atoms with E-state index >= 15 is 0 Å². The molecule has 1 fully saturated rings. The normalized spacial score (nSPS) is 16.6. The molecule has 0 bridgehead atoms. The van der Waals surface area contributed by atoms with Gasteiger partial charge in [-0.05, 0) is 45.0 Å². The van der Waals surface area contributed by atoms with Crippen LogP contribution >= 0.6 is 11.6 Å². The summed E-state index contributed by atoms with van der Waals surface area (Å²) in [6, 6.07) is 7.47. The Morgan fingerprint density at radius 1 is 1.39 bits per heavy atom. The van der Waals surface area contributed by atoms with E-state index < -0.39 is 5.97 Å². The lowest BCUT2D eigenvalue weighted by molar-refractivity contribution is -0.143. The summed E-state index contributed by atoms with van der Waals surface area (Å²) in [6.45, 7) is 4.11. The first kappa shape index (κ1) is 16.0. The Bertz CT molecular complexity index is 706. The van der Waals surface area contributed by atoms with Crippen LogP contribution < -0.4 is 0 Å². The maximum absolute atomic E-state index is 11.0. The van der Waals surface area contributed by atoms with Crippen molar-refractivity contribution in [1.29, 1.82) is 0 Å². The molecule has 2 aromatic rings. The van der Waals surface area contributed by atoms with Crippen molar-refractivity contribution < 1.29 is 14.3 Å². The van der Waals surface area contributed by atoms with E-state index in [9.17, 15) is 4.79 Å². The number of benzene rings is 1. The van der Waals surface area contributed by atoms with Gasteiger partial charge in [-0.3, -0.25) is 9.69 Å². The van der Waals surface area contributed by atoms with Gasteiger partial charge in [0.2, 0.25) is 5.89 Å². The molecular formula is C17H19ClN2O3. The first-order valence-corrected chi connectivity index (χ1v) is 8.08. The number of carboxylic acids is 1. The van der Waals surface area contributed by atoms with E-state index in [-0.39, 0.29) is 5.92 Å². The molecule has 0 unspecified atom stereocenters. The average Bonchev–Trinajstić information content (AvgIpc) is 2.89. The van der Waals surface area contributed by atoms with Crippen LogP contribution in [0.25, 0.3) is 11.5 Å². The molecule has 0 saturated carbocycles. The number of nitrogens with zero attached hydrogens (tertiary/aromatic N) is 2. The van der Waals surface area contributed by atoms with Crippen LogP contribution in [0, 0.1) is 12.8 Å². The van der Waals surface area contributed by atoms with Crippen molar-refractivity contribution in [3.05, 3.63) is 40.7 Å². The van der Waals surface area contributed by atoms with Gasteiger partial charge in [0.25, 0.3) is 0 Å². The quantitative estimate of drug-likeness (QED) is 0.925. The topological polar surface area (TPSA) is 66.6 Å². The zero-order valence-corrected chi connectivity index (χ0v) is 13.7. The van der Waals surface area contributed by atoms with Gasteiger partial charge in [0.1, 0.15) is 5.76 Å². The predicted octanol–water partition coefficient (Wildman–Crippen LogP) is 3.60. The largest absolute Gasteiger partial charge is 0.481 e. The van der Waals surface area contributed by atoms with Gasteiger partial charge >= 0.3 is 5.97 Å². The molecule has 0 aliphatic carbocycles. The Labute approximate surface area is 139 Å². The Hall–Kier alpha value is -1.85. The van der Waals surface area contributed by atoms with Crippen LogP contribution in [0.1, 0.15) is 24.3 Å². The second-order valence-electron chi connectivity index (χ2n) is 5.89. The fourth-order valence-electron chi connectivity index (χ4n) is 2.87. The minimum absolute atomic E-state index is 0.219. The van der Waals surface area contributed by atoms with Crippen LogP contribution in [0.4, 0.5) is 0 Å². The monoisotopic (exact) mass is 334 g/mol. The maximum atomic E-state index is 11.0. The molecule has 122 valence electrons. The highest BCUT2D eigenvalue weighted by Crippen LogP contribution is 2.29. The third kappa shape index (κ3) is 3.57. The van der Waals surface area contributed by atoms with Gasteiger partial charge < -0.3 is 9.52 Å². The van der Waals surface area contributed by atoms with Gasteiger partial charge in [-0.2, -0.15) is 0 Å². The van der Waals surface area contributed by atoms with Crippen molar-refractivity contribution in [2.75, 3.05) is 13.1 Å². The molecule has 1 aromatic heterocycles. The molecule has 0 radical (unpaired) electrons. The summed E-state index contributed by atoms with van der Waals surface area (Å²) in [7, 11) is 0. The fraction of sp³-hybridized carbons (Fsp3) is 0.412. The number of likely N-dealkylation sites (tertiary alicyclic amines) is 1. The van der Waals surface area contributed by atoms with Gasteiger partial charge in [0.05, 0.1) is 22.2 Å². The van der Waals surface area contributed by atoms with Crippen LogP contribution in [0.15, 0.2) is 28.7 Å². The minimum Gasteiger partial charge on any atom is -0.481 e. The summed E-state index contributed by atoms with van der Waals surface area (Å²) in [5.74, 6) is 0.399. The molecular weight excluding hydrogens is 316 g/mol. The molecule has 1 saturated heterocycles. The number of aliphatic carboxylic acids is 1. The number of rotatable bonds is 4. The number of aromatic nitrogens is 1. The number of carboxylic acid groups (broad SMARTS) is 1. The Morgan fingerprint density at radius 3 is 2.74 bits per heavy atom. The Kier molecular flexibility index (Phi) is 4.68. The van der Waals surface area contributed by atoms with Crippen LogP contribution in [-0.4, -0.2) is 34.0 Å². The van der Waals surface area contributed by atoms with Gasteiger partial charge in [-0.15, -0.1) is 0 Å². The number of aryl methyl sites for hydroxylation is 1. The van der Waals surface area contributed by atoms with Crippen LogP contribution in [0.2, 0.25) is 5.02 Å². The molecule has 5 nitrogen and oxygen atoms in total. The first-order chi connectivity index (χ1) is 11.0. The third-order valence-corrected chi connectivity index (χ3v) is 4.64. The smallest absolute Gasteiger partial charge is 0.306 e. The summed E-state index contributed by atoms with van der Waals surface area (Å²) >= 11 is 6.19. The highest BCUT2D eigenvalue weighted by atomic mass is 35.5. The third-order valence-electron chi connectivity index (χ3n) is 4.31. The van der Waals surface area contributed by atoms with Crippen molar-refractivity contribution >= 4 is 17.6 Å². The molecule has 1 N–H and O–H groups in total. The number of hydrogen-bond donors (Lipinski definition) is 1. The summed E-state index contributed by atoms with van der Waals surface area (Å²) < 4.78 is 5.77. The lowest BCUT2D eigenvalue weighted by Gasteiger charge is -2.29. The molecule has 1 aromatic carbocycles. The Morgan fingerprint density at radius 2 is 2.09 bits per heavy atom. The van der Waals surface area contributed by atoms with Crippen LogP contribution in [0.3, 0.4) is 0 Å². The molecule has 6 heteroatoms. The van der Waals surface area contributed by atoms with Gasteiger partial charge in [0.15, 0.2) is 0 Å². The molecule has 23 heavy (non-hydrogen) atoms. The average molecular weight is 335 g/mol. The van der Waals surface area contributed by atoms with E-state index in [4.69, 9.17) is 21.1 Å². The van der Waals surface area contributed by atoms with E-state index in [0.29, 0.717) is 30.3 Å². The zero-order chi connectivity index (χ0) is 16.4. The molecule has 2 heterocycles. The SMILES string of the molecule is Cc1oc(-c2ccccc2Cl)nc1CN1CCC(C(=O)O)CC1. The highest BCUT2D eigenvalue weighted by molar-refractivity contribution is 6.33. The summed E-state index contributed by atoms with van der Waals surface area (Å²) in [6.07, 6.45) is 1.37. The van der Waals surface area contributed by atoms with Crippen LogP contribution in [-0.2, 0) is 11.3 Å². The molecule has 0 spiro atoms. The molecule has 1 aliphatic heterocycles. The summed E-state index contributed by atoms with van der Waals surface area (Å²) in [5, 5.41) is 9.67. The van der Waals surface area contributed by atoms with Crippen LogP contribution in [0.5, 0.6) is 0 Å². The van der Waals surface area contributed by atoms with E-state index in [0.717, 1.165) is 30.1 Å². The lowest BCUT2D eigenvalue weighted by Crippen LogP contribution is -2.36. The van der Waals surface area contributed by atoms with Crippen molar-refractivity contribution in [3.8, 4) is 11.5 Å². The molecule has 1 aliphatic rings. The zero-order valence-electron chi connectivity index (χ0n) is 13.0. The second-order valence-corrected chi connectivity index (χ2v) is 6.30. The van der Waals surface area contributed by atoms with E-state index in [2.05, 4.69) is 9.88 Å². The number of piperidine rings is 1. The van der Waals surface area contributed by atoms with Crippen molar-refractivity contribution in [2.45, 2.75) is 26.3 Å². The first-order valence-electron chi connectivity index (χ1n) is 7.71. The molecule has 0 atom stereocenters. The summed E-state index contributed by atoms with van der Waals surface area (Å²) in [4.78, 5) is 17.8. The van der Waals surface area contributed by atoms with Crippen molar-refractivity contribution in [1.82, 2.24) is 9.88 Å². The van der Waals surface area contributed by atoms with E-state index in [1.807, 2.05) is 31.2 Å². The number of hydrogen-bond acceptors (Lipinski definition) is 4. The lowest BCUT2D eigenvalue weighted by atomic mass is 9.97. The van der Waals surface area contributed by atoms with Crippen molar-refractivity contribution in [3.63, 3.8) is 0 Å². The number of halogens is 1. The van der Waals surface area contributed by atoms with E-state index in [1.54, 1.807) is 0 Å². The standard InChI is InChI=1S/C17H19ClN2O3/c1-11-15(10-20-8-6-12(7-9-20)17(21)22)19-16(23-11)13-4-2-3-5-14(13)18/h2-5,12H,6-10H2,1H3,(H,21,22). The number of oxazole rings is 1. The second kappa shape index (κ2) is 6.72. The number of carbonyl (C=O) groups is 1. The highest BCUT2D eigenvalue weighted by Gasteiger charge is 2.25.